The molecule has 2 N–H and O–H groups in total. The van der Waals surface area contributed by atoms with Gasteiger partial charge < -0.3 is 19.9 Å². The van der Waals surface area contributed by atoms with Crippen molar-refractivity contribution in [2.45, 2.75) is 33.7 Å². The van der Waals surface area contributed by atoms with Crippen molar-refractivity contribution in [2.75, 3.05) is 20.2 Å². The average molecular weight is 459 g/mol. The molecule has 1 heterocycles. The van der Waals surface area contributed by atoms with E-state index in [1.165, 1.54) is 5.56 Å². The van der Waals surface area contributed by atoms with Gasteiger partial charge >= 0.3 is 0 Å². The number of nitrogens with one attached hydrogen (secondary N) is 2. The second-order valence-corrected chi connectivity index (χ2v) is 5.42. The van der Waals surface area contributed by atoms with Gasteiger partial charge in [0.25, 0.3) is 0 Å². The van der Waals surface area contributed by atoms with Crippen molar-refractivity contribution >= 4 is 29.9 Å². The summed E-state index contributed by atoms with van der Waals surface area (Å²) in [6.45, 7) is 7.87. The number of rotatable bonds is 7. The van der Waals surface area contributed by atoms with Gasteiger partial charge in [-0.2, -0.15) is 4.98 Å². The minimum absolute atomic E-state index is 0. The monoisotopic (exact) mass is 459 g/mol. The maximum Gasteiger partial charge on any atom is 0.228 e. The predicted octanol–water partition coefficient (Wildman–Crippen LogP) is 2.61. The van der Waals surface area contributed by atoms with Crippen LogP contribution >= 0.6 is 24.0 Å². The van der Waals surface area contributed by atoms with Crippen molar-refractivity contribution in [3.63, 3.8) is 0 Å². The number of halogens is 1. The fourth-order valence-corrected chi connectivity index (χ4v) is 2.22. The quantitative estimate of drug-likeness (QED) is 0.376. The molecule has 0 atom stereocenters. The molecule has 0 fully saturated rings. The minimum atomic E-state index is 0. The van der Waals surface area contributed by atoms with Crippen molar-refractivity contribution in [2.24, 2.45) is 4.99 Å². The lowest BCUT2D eigenvalue weighted by Gasteiger charge is -2.12. The molecule has 7 nitrogen and oxygen atoms in total. The number of hydrogen-bond donors (Lipinski definition) is 2. The van der Waals surface area contributed by atoms with Crippen LogP contribution in [-0.2, 0) is 13.0 Å². The van der Waals surface area contributed by atoms with Gasteiger partial charge in [-0.1, -0.05) is 17.3 Å². The summed E-state index contributed by atoms with van der Waals surface area (Å²) in [4.78, 5) is 8.79. The predicted molar refractivity (Wildman–Crippen MR) is 109 cm³/mol. The van der Waals surface area contributed by atoms with Crippen LogP contribution in [0.4, 0.5) is 0 Å². The van der Waals surface area contributed by atoms with E-state index in [1.54, 1.807) is 14.0 Å². The van der Waals surface area contributed by atoms with E-state index < -0.39 is 0 Å². The second kappa shape index (κ2) is 10.9. The Morgan fingerprint density at radius 2 is 2.08 bits per heavy atom. The lowest BCUT2D eigenvalue weighted by molar-refractivity contribution is 0.374. The largest absolute Gasteiger partial charge is 0.496 e. The van der Waals surface area contributed by atoms with E-state index in [2.05, 4.69) is 31.8 Å². The van der Waals surface area contributed by atoms with E-state index in [1.807, 2.05) is 26.0 Å². The Bertz CT molecular complexity index is 687. The number of guanidine groups is 1. The fraction of sp³-hybridized carbons (Fsp3) is 0.471. The van der Waals surface area contributed by atoms with E-state index >= 15 is 0 Å². The Morgan fingerprint density at radius 3 is 2.72 bits per heavy atom. The standard InChI is InChI=1S/C17H25N5O2.HI/c1-5-18-17(19-9-8-16-21-13(3)22-24-16)20-11-14-7-6-12(2)10-15(14)23-4;/h6-7,10H,5,8-9,11H2,1-4H3,(H2,18,19,20);1H. The maximum atomic E-state index is 5.42. The summed E-state index contributed by atoms with van der Waals surface area (Å²) in [6.07, 6.45) is 0.652. The molecule has 1 aromatic heterocycles. The highest BCUT2D eigenvalue weighted by molar-refractivity contribution is 14.0. The highest BCUT2D eigenvalue weighted by atomic mass is 127. The smallest absolute Gasteiger partial charge is 0.228 e. The molecule has 138 valence electrons. The molecule has 0 amide bonds. The average Bonchev–Trinajstić information content (AvgIpc) is 2.98. The number of ether oxygens (including phenoxy) is 1. The normalized spacial score (nSPS) is 11.0. The minimum Gasteiger partial charge on any atom is -0.496 e. The molecule has 0 radical (unpaired) electrons. The van der Waals surface area contributed by atoms with Crippen LogP contribution in [0.15, 0.2) is 27.7 Å². The number of nitrogens with zero attached hydrogens (tertiary/aromatic N) is 3. The SMILES string of the molecule is CCNC(=NCc1ccc(C)cc1OC)NCCc1nc(C)no1.I. The van der Waals surface area contributed by atoms with Crippen LogP contribution in [0.1, 0.15) is 29.8 Å². The molecule has 0 saturated heterocycles. The fourth-order valence-electron chi connectivity index (χ4n) is 2.22. The summed E-state index contributed by atoms with van der Waals surface area (Å²) in [5.74, 6) is 2.88. The number of benzene rings is 1. The van der Waals surface area contributed by atoms with Crippen LogP contribution in [0, 0.1) is 13.8 Å². The molecule has 0 aliphatic carbocycles. The number of aryl methyl sites for hydroxylation is 2. The zero-order valence-corrected chi connectivity index (χ0v) is 17.5. The van der Waals surface area contributed by atoms with Crippen molar-refractivity contribution in [1.29, 1.82) is 0 Å². The zero-order chi connectivity index (χ0) is 17.4. The molecule has 0 spiro atoms. The lowest BCUT2D eigenvalue weighted by Crippen LogP contribution is -2.38. The summed E-state index contributed by atoms with van der Waals surface area (Å²) < 4.78 is 10.5. The van der Waals surface area contributed by atoms with Crippen molar-refractivity contribution in [1.82, 2.24) is 20.8 Å². The highest BCUT2D eigenvalue weighted by Gasteiger charge is 2.05. The molecule has 0 unspecified atom stereocenters. The lowest BCUT2D eigenvalue weighted by atomic mass is 10.1. The molecule has 25 heavy (non-hydrogen) atoms. The first-order chi connectivity index (χ1) is 11.6. The maximum absolute atomic E-state index is 5.42. The summed E-state index contributed by atoms with van der Waals surface area (Å²) in [5.41, 5.74) is 2.22. The number of aliphatic imine (C=N–C) groups is 1. The highest BCUT2D eigenvalue weighted by Crippen LogP contribution is 2.20. The van der Waals surface area contributed by atoms with Gasteiger partial charge in [-0.25, -0.2) is 4.99 Å². The van der Waals surface area contributed by atoms with Gasteiger partial charge in [0.05, 0.1) is 13.7 Å². The molecule has 0 bridgehead atoms. The summed E-state index contributed by atoms with van der Waals surface area (Å²) in [6, 6.07) is 6.12. The molecule has 2 aromatic rings. The third kappa shape index (κ3) is 6.89. The third-order valence-corrected chi connectivity index (χ3v) is 3.40. The van der Waals surface area contributed by atoms with Gasteiger partial charge in [-0.05, 0) is 32.4 Å². The number of hydrogen-bond acceptors (Lipinski definition) is 5. The molecule has 8 heteroatoms. The van der Waals surface area contributed by atoms with Gasteiger partial charge in [0.15, 0.2) is 11.8 Å². The molecular formula is C17H26IN5O2. The summed E-state index contributed by atoms with van der Waals surface area (Å²) in [7, 11) is 1.68. The van der Waals surface area contributed by atoms with Crippen LogP contribution in [0.5, 0.6) is 5.75 Å². The van der Waals surface area contributed by atoms with Gasteiger partial charge in [0.1, 0.15) is 5.75 Å². The first kappa shape index (κ1) is 21.2. The van der Waals surface area contributed by atoms with Crippen LogP contribution in [0.25, 0.3) is 0 Å². The number of aromatic nitrogens is 2. The molecule has 2 rings (SSSR count). The summed E-state index contributed by atoms with van der Waals surface area (Å²) >= 11 is 0. The van der Waals surface area contributed by atoms with E-state index in [4.69, 9.17) is 9.26 Å². The molecule has 0 aliphatic rings. The van der Waals surface area contributed by atoms with E-state index in [-0.39, 0.29) is 24.0 Å². The topological polar surface area (TPSA) is 84.6 Å². The Kier molecular flexibility index (Phi) is 9.25. The molecule has 1 aromatic carbocycles. The Morgan fingerprint density at radius 1 is 1.28 bits per heavy atom. The second-order valence-electron chi connectivity index (χ2n) is 5.42. The van der Waals surface area contributed by atoms with Gasteiger partial charge in [-0.3, -0.25) is 0 Å². The van der Waals surface area contributed by atoms with E-state index in [0.717, 1.165) is 23.8 Å². The zero-order valence-electron chi connectivity index (χ0n) is 15.1. The first-order valence-electron chi connectivity index (χ1n) is 8.07. The van der Waals surface area contributed by atoms with Crippen molar-refractivity contribution in [3.05, 3.63) is 41.0 Å². The van der Waals surface area contributed by atoms with E-state index in [0.29, 0.717) is 31.2 Å². The summed E-state index contributed by atoms with van der Waals surface area (Å²) in [5, 5.41) is 10.3. The van der Waals surface area contributed by atoms with Crippen LogP contribution in [0.3, 0.4) is 0 Å². The van der Waals surface area contributed by atoms with Gasteiger partial charge in [0, 0.05) is 25.1 Å². The van der Waals surface area contributed by atoms with Gasteiger partial charge in [0.2, 0.25) is 5.89 Å². The van der Waals surface area contributed by atoms with Crippen molar-refractivity contribution in [3.8, 4) is 5.75 Å². The van der Waals surface area contributed by atoms with Crippen molar-refractivity contribution < 1.29 is 9.26 Å². The third-order valence-electron chi connectivity index (χ3n) is 3.40. The number of methoxy groups -OCH3 is 1. The Balaban J connectivity index is 0.00000312. The molecule has 0 aliphatic heterocycles. The first-order valence-corrected chi connectivity index (χ1v) is 8.07. The Labute approximate surface area is 165 Å². The Hall–Kier alpha value is -1.84. The van der Waals surface area contributed by atoms with Crippen LogP contribution in [0.2, 0.25) is 0 Å². The van der Waals surface area contributed by atoms with Crippen LogP contribution in [-0.4, -0.2) is 36.3 Å². The van der Waals surface area contributed by atoms with Crippen LogP contribution < -0.4 is 15.4 Å². The van der Waals surface area contributed by atoms with E-state index in [9.17, 15) is 0 Å². The molecular weight excluding hydrogens is 433 g/mol. The molecule has 0 saturated carbocycles. The van der Waals surface area contributed by atoms with Gasteiger partial charge in [-0.15, -0.1) is 24.0 Å².